The van der Waals surface area contributed by atoms with Crippen molar-refractivity contribution in [2.75, 3.05) is 34.8 Å². The molecule has 0 radical (unpaired) electrons. The van der Waals surface area contributed by atoms with Crippen LogP contribution in [0.4, 0.5) is 0 Å². The highest BCUT2D eigenvalue weighted by molar-refractivity contribution is 6.70. The number of carbonyl (C=O) groups excluding carboxylic acids is 1. The maximum atomic E-state index is 14.6. The largest absolute Gasteiger partial charge is 0.459 e. The van der Waals surface area contributed by atoms with Gasteiger partial charge in [0.2, 0.25) is 0 Å². The number of methoxy groups -OCH3 is 1. The van der Waals surface area contributed by atoms with Gasteiger partial charge in [-0.25, -0.2) is 0 Å². The number of aliphatic hydroxyl groups is 3. The molecule has 0 aromatic heterocycles. The molecule has 0 amide bonds. The molecule has 3 rings (SSSR count). The summed E-state index contributed by atoms with van der Waals surface area (Å²) < 4.78 is 53.4. The SMILES string of the molecule is CC[C@H]1OC(=O)[C@H](C)[C@@H](OC2CC(C)(OC)C(O[Si](C)(C)C)C(C)O2)[C@H](C)[C@@H](O[C@@H]2O[C@H](C)C[C@H](N(C)C)[C@H]2O[Si](C)(C)C)[C@](C)(O)C[C@@H](C)CN(C)[C@H](C)[C@@H](O)[C@]1(C)O. The molecular weight excluding hydrogens is 805 g/mol. The first-order valence-electron chi connectivity index (χ1n) is 22.5. The summed E-state index contributed by atoms with van der Waals surface area (Å²) in [5, 5.41) is 36.5. The molecule has 3 aliphatic heterocycles. The molecule has 0 aromatic carbocycles. The molecule has 354 valence electrons. The highest BCUT2D eigenvalue weighted by Crippen LogP contribution is 2.42. The van der Waals surface area contributed by atoms with Crippen LogP contribution in [-0.4, -0.2) is 173 Å². The molecule has 0 aromatic rings. The molecule has 3 saturated heterocycles. The van der Waals surface area contributed by atoms with Crippen LogP contribution in [0.5, 0.6) is 0 Å². The highest BCUT2D eigenvalue weighted by Gasteiger charge is 2.54. The normalized spacial score (nSPS) is 45.2. The third-order valence-electron chi connectivity index (χ3n) is 13.1. The Morgan fingerprint density at radius 1 is 0.867 bits per heavy atom. The molecule has 18 atom stereocenters. The summed E-state index contributed by atoms with van der Waals surface area (Å²) in [4.78, 5) is 18.7. The van der Waals surface area contributed by atoms with Gasteiger partial charge in [-0.2, -0.15) is 0 Å². The van der Waals surface area contributed by atoms with E-state index >= 15 is 0 Å². The Kier molecular flexibility index (Phi) is 18.6. The lowest BCUT2D eigenvalue weighted by molar-refractivity contribution is -0.315. The Bertz CT molecular complexity index is 1360. The number of nitrogens with zero attached hydrogens (tertiary/aromatic N) is 2. The van der Waals surface area contributed by atoms with Crippen LogP contribution in [0, 0.1) is 17.8 Å². The summed E-state index contributed by atoms with van der Waals surface area (Å²) in [5.41, 5.74) is -4.06. The zero-order valence-corrected chi connectivity index (χ0v) is 43.1. The van der Waals surface area contributed by atoms with Crippen LogP contribution in [0.3, 0.4) is 0 Å². The molecule has 0 bridgehead atoms. The molecular formula is C44H88N2O12Si2. The van der Waals surface area contributed by atoms with E-state index in [9.17, 15) is 20.1 Å². The molecule has 16 heteroatoms. The van der Waals surface area contributed by atoms with Gasteiger partial charge in [0.25, 0.3) is 0 Å². The van der Waals surface area contributed by atoms with Gasteiger partial charge in [0.1, 0.15) is 23.9 Å². The van der Waals surface area contributed by atoms with Crippen molar-refractivity contribution in [2.45, 2.75) is 225 Å². The first-order valence-corrected chi connectivity index (χ1v) is 29.3. The molecule has 0 spiro atoms. The van der Waals surface area contributed by atoms with Crippen LogP contribution < -0.4 is 0 Å². The Balaban J connectivity index is 2.25. The van der Waals surface area contributed by atoms with Crippen molar-refractivity contribution in [3.05, 3.63) is 0 Å². The number of hydrogen-bond donors (Lipinski definition) is 3. The lowest BCUT2D eigenvalue weighted by atomic mass is 9.77. The van der Waals surface area contributed by atoms with Gasteiger partial charge in [-0.1, -0.05) is 20.8 Å². The van der Waals surface area contributed by atoms with Crippen molar-refractivity contribution in [2.24, 2.45) is 17.8 Å². The summed E-state index contributed by atoms with van der Waals surface area (Å²) in [6.07, 6.45) is -5.71. The first kappa shape index (κ1) is 53.8. The molecule has 0 aliphatic carbocycles. The van der Waals surface area contributed by atoms with Crippen molar-refractivity contribution in [3.8, 4) is 0 Å². The van der Waals surface area contributed by atoms with Crippen LogP contribution in [0.25, 0.3) is 0 Å². The van der Waals surface area contributed by atoms with E-state index in [0.717, 1.165) is 6.42 Å². The summed E-state index contributed by atoms with van der Waals surface area (Å²) in [7, 11) is 3.45. The van der Waals surface area contributed by atoms with Crippen LogP contribution in [-0.2, 0) is 42.1 Å². The van der Waals surface area contributed by atoms with E-state index in [-0.39, 0.29) is 30.6 Å². The summed E-state index contributed by atoms with van der Waals surface area (Å²) >= 11 is 0. The van der Waals surface area contributed by atoms with Crippen LogP contribution in [0.1, 0.15) is 94.9 Å². The molecule has 3 aliphatic rings. The first-order chi connectivity index (χ1) is 27.3. The molecule has 4 unspecified atom stereocenters. The fourth-order valence-electron chi connectivity index (χ4n) is 9.85. The maximum Gasteiger partial charge on any atom is 0.311 e. The van der Waals surface area contributed by atoms with E-state index < -0.39 is 106 Å². The van der Waals surface area contributed by atoms with E-state index in [0.29, 0.717) is 19.4 Å². The van der Waals surface area contributed by atoms with Crippen LogP contribution in [0.15, 0.2) is 0 Å². The second-order valence-electron chi connectivity index (χ2n) is 21.6. The summed E-state index contributed by atoms with van der Waals surface area (Å²) in [6.45, 7) is 32.0. The molecule has 14 nitrogen and oxygen atoms in total. The number of rotatable bonds is 11. The number of carbonyl (C=O) groups is 1. The number of esters is 1. The highest BCUT2D eigenvalue weighted by atomic mass is 28.4. The van der Waals surface area contributed by atoms with Gasteiger partial charge in [0.05, 0.1) is 47.6 Å². The van der Waals surface area contributed by atoms with Gasteiger partial charge in [-0.05, 0) is 134 Å². The quantitative estimate of drug-likeness (QED) is 0.174. The second kappa shape index (κ2) is 20.7. The van der Waals surface area contributed by atoms with E-state index in [1.54, 1.807) is 21.0 Å². The average molecular weight is 893 g/mol. The third-order valence-corrected chi connectivity index (χ3v) is 15.1. The van der Waals surface area contributed by atoms with E-state index in [1.165, 1.54) is 6.92 Å². The standard InChI is InChI=1S/C44H88N2O12Si2/c1-21-33-44(10,50)37(47)30(6)46(13)25-26(2)23-42(8,49)38(56-41-36(57-59(15,16)17)32(45(11)12)22-27(3)52-41)28(4)35(29(5)40(48)54-33)55-34-24-43(9,51-14)39(31(7)53-34)58-60(18,19)20/h26-39,41,47,49-50H,21-25H2,1-20H3/t26-,27-,28+,29-,30-,31?,32+,33-,34?,35+,36-,37-,38-,39?,41+,42-,43?,44-/m1/s1. The van der Waals surface area contributed by atoms with Crippen molar-refractivity contribution in [1.82, 2.24) is 9.80 Å². The summed E-state index contributed by atoms with van der Waals surface area (Å²) in [5.74, 6) is -2.35. The number of hydrogen-bond acceptors (Lipinski definition) is 14. The van der Waals surface area contributed by atoms with Gasteiger partial charge < -0.3 is 62.4 Å². The van der Waals surface area contributed by atoms with Gasteiger partial charge in [-0.3, -0.25) is 4.79 Å². The number of cyclic esters (lactones) is 1. The van der Waals surface area contributed by atoms with Crippen LogP contribution in [0.2, 0.25) is 39.3 Å². The lowest BCUT2D eigenvalue weighted by Gasteiger charge is -2.51. The van der Waals surface area contributed by atoms with Gasteiger partial charge in [0.15, 0.2) is 29.2 Å². The Hall–Kier alpha value is -0.576. The van der Waals surface area contributed by atoms with Crippen molar-refractivity contribution in [3.63, 3.8) is 0 Å². The minimum absolute atomic E-state index is 0.0247. The van der Waals surface area contributed by atoms with E-state index in [2.05, 4.69) is 51.1 Å². The number of aliphatic hydroxyl groups excluding tert-OH is 1. The summed E-state index contributed by atoms with van der Waals surface area (Å²) in [6, 6.07) is -0.540. The fourth-order valence-corrected chi connectivity index (χ4v) is 12.1. The zero-order chi connectivity index (χ0) is 46.1. The molecule has 3 N–H and O–H groups in total. The van der Waals surface area contributed by atoms with Gasteiger partial charge >= 0.3 is 5.97 Å². The Labute approximate surface area is 365 Å². The minimum atomic E-state index is -2.15. The molecule has 0 saturated carbocycles. The molecule has 3 heterocycles. The van der Waals surface area contributed by atoms with Crippen molar-refractivity contribution < 1.29 is 57.4 Å². The number of ether oxygens (including phenoxy) is 6. The topological polar surface area (TPSA) is 158 Å². The predicted molar refractivity (Wildman–Crippen MR) is 239 cm³/mol. The Morgan fingerprint density at radius 3 is 1.97 bits per heavy atom. The molecule has 60 heavy (non-hydrogen) atoms. The monoisotopic (exact) mass is 893 g/mol. The van der Waals surface area contributed by atoms with Gasteiger partial charge in [-0.15, -0.1) is 0 Å². The smallest absolute Gasteiger partial charge is 0.311 e. The fraction of sp³-hybridized carbons (Fsp3) is 0.977. The predicted octanol–water partition coefficient (Wildman–Crippen LogP) is 5.62. The van der Waals surface area contributed by atoms with Crippen LogP contribution >= 0.6 is 0 Å². The lowest BCUT2D eigenvalue weighted by Crippen LogP contribution is -2.62. The van der Waals surface area contributed by atoms with E-state index in [1.807, 2.05) is 67.6 Å². The van der Waals surface area contributed by atoms with Crippen molar-refractivity contribution >= 4 is 22.6 Å². The van der Waals surface area contributed by atoms with E-state index in [4.69, 9.17) is 37.3 Å². The minimum Gasteiger partial charge on any atom is -0.459 e. The van der Waals surface area contributed by atoms with Gasteiger partial charge in [0, 0.05) is 38.1 Å². The Morgan fingerprint density at radius 2 is 1.45 bits per heavy atom. The van der Waals surface area contributed by atoms with Crippen molar-refractivity contribution in [1.29, 1.82) is 0 Å². The maximum absolute atomic E-state index is 14.6. The average Bonchev–Trinajstić information content (AvgIpc) is 3.10. The molecule has 3 fully saturated rings. The number of likely N-dealkylation sites (N-methyl/N-ethyl adjacent to an activating group) is 2. The zero-order valence-electron chi connectivity index (χ0n) is 41.1. The third kappa shape index (κ3) is 13.5. The second-order valence-corrected chi connectivity index (χ2v) is 30.5.